The van der Waals surface area contributed by atoms with Crippen molar-refractivity contribution in [1.82, 2.24) is 0 Å². The Balaban J connectivity index is 2.29. The molecule has 0 aromatic heterocycles. The Morgan fingerprint density at radius 3 is 2.28 bits per heavy atom. The highest BCUT2D eigenvalue weighted by molar-refractivity contribution is 8.04. The predicted octanol–water partition coefficient (Wildman–Crippen LogP) is 3.83. The molecule has 0 aliphatic heterocycles. The Morgan fingerprint density at radius 1 is 1.12 bits per heavy atom. The van der Waals surface area contributed by atoms with Crippen LogP contribution in [-0.2, 0) is 4.79 Å². The Bertz CT molecular complexity index is 816. The number of methoxy groups -OCH3 is 2. The van der Waals surface area contributed by atoms with Gasteiger partial charge in [0.05, 0.1) is 24.0 Å². The molecule has 0 aliphatic rings. The van der Waals surface area contributed by atoms with E-state index in [-0.39, 0.29) is 10.6 Å². The fourth-order valence-corrected chi connectivity index (χ4v) is 2.80. The third-order valence-corrected chi connectivity index (χ3v) is 4.21. The van der Waals surface area contributed by atoms with Crippen LogP contribution in [0.15, 0.2) is 52.3 Å². The van der Waals surface area contributed by atoms with Gasteiger partial charge in [0.2, 0.25) is 0 Å². The second-order valence-electron chi connectivity index (χ2n) is 4.78. The van der Waals surface area contributed by atoms with Crippen molar-refractivity contribution in [2.45, 2.75) is 4.90 Å². The lowest BCUT2D eigenvalue weighted by Gasteiger charge is -2.08. The summed E-state index contributed by atoms with van der Waals surface area (Å²) >= 11 is 1.00. The van der Waals surface area contributed by atoms with Gasteiger partial charge in [-0.2, -0.15) is 0 Å². The third kappa shape index (κ3) is 4.74. The first-order chi connectivity index (χ1) is 11.9. The molecule has 0 saturated heterocycles. The SMILES string of the molecule is COc1ccc(/C=C(/Sc2ccc([N+](=O)[O-])cc2)C(=O)O)cc1OC. The van der Waals surface area contributed by atoms with E-state index in [0.29, 0.717) is 22.0 Å². The number of carboxylic acid groups (broad SMARTS) is 1. The lowest BCUT2D eigenvalue weighted by Crippen LogP contribution is -1.97. The normalized spacial score (nSPS) is 11.0. The summed E-state index contributed by atoms with van der Waals surface area (Å²) in [7, 11) is 3.01. The molecule has 0 spiro atoms. The van der Waals surface area contributed by atoms with Crippen molar-refractivity contribution in [3.63, 3.8) is 0 Å². The number of hydrogen-bond acceptors (Lipinski definition) is 6. The summed E-state index contributed by atoms with van der Waals surface area (Å²) < 4.78 is 10.3. The number of hydrogen-bond donors (Lipinski definition) is 1. The van der Waals surface area contributed by atoms with Crippen molar-refractivity contribution in [1.29, 1.82) is 0 Å². The molecule has 0 aliphatic carbocycles. The zero-order valence-electron chi connectivity index (χ0n) is 13.5. The van der Waals surface area contributed by atoms with Crippen LogP contribution in [0.4, 0.5) is 5.69 Å². The van der Waals surface area contributed by atoms with E-state index in [1.165, 1.54) is 44.6 Å². The first-order valence-electron chi connectivity index (χ1n) is 7.04. The first kappa shape index (κ1) is 18.3. The molecule has 0 fully saturated rings. The molecule has 25 heavy (non-hydrogen) atoms. The smallest absolute Gasteiger partial charge is 0.342 e. The van der Waals surface area contributed by atoms with Gasteiger partial charge in [-0.1, -0.05) is 17.8 Å². The number of nitro groups is 1. The summed E-state index contributed by atoms with van der Waals surface area (Å²) in [4.78, 5) is 22.3. The fraction of sp³-hybridized carbons (Fsp3) is 0.118. The number of carbonyl (C=O) groups is 1. The number of benzene rings is 2. The molecule has 0 heterocycles. The van der Waals surface area contributed by atoms with Crippen LogP contribution in [0.1, 0.15) is 5.56 Å². The van der Waals surface area contributed by atoms with Crippen LogP contribution in [0.5, 0.6) is 11.5 Å². The molecule has 0 unspecified atom stereocenters. The largest absolute Gasteiger partial charge is 0.493 e. The van der Waals surface area contributed by atoms with Crippen molar-refractivity contribution in [3.8, 4) is 11.5 Å². The van der Waals surface area contributed by atoms with Gasteiger partial charge in [0.25, 0.3) is 5.69 Å². The van der Waals surface area contributed by atoms with E-state index in [2.05, 4.69) is 0 Å². The van der Waals surface area contributed by atoms with Gasteiger partial charge >= 0.3 is 5.97 Å². The van der Waals surface area contributed by atoms with Gasteiger partial charge in [-0.15, -0.1) is 0 Å². The van der Waals surface area contributed by atoms with Gasteiger partial charge < -0.3 is 14.6 Å². The fourth-order valence-electron chi connectivity index (χ4n) is 1.99. The average molecular weight is 361 g/mol. The van der Waals surface area contributed by atoms with Crippen LogP contribution in [0.3, 0.4) is 0 Å². The highest BCUT2D eigenvalue weighted by atomic mass is 32.2. The summed E-state index contributed by atoms with van der Waals surface area (Å²) in [6, 6.07) is 10.7. The molecule has 1 N–H and O–H groups in total. The second kappa shape index (κ2) is 8.20. The molecule has 0 atom stereocenters. The van der Waals surface area contributed by atoms with E-state index >= 15 is 0 Å². The summed E-state index contributed by atoms with van der Waals surface area (Å²) in [5.41, 5.74) is 0.578. The number of carboxylic acids is 1. The van der Waals surface area contributed by atoms with Crippen LogP contribution in [-0.4, -0.2) is 30.2 Å². The summed E-state index contributed by atoms with van der Waals surface area (Å²) in [6.07, 6.45) is 1.50. The van der Waals surface area contributed by atoms with Crippen LogP contribution >= 0.6 is 11.8 Å². The number of aliphatic carboxylic acids is 1. The minimum atomic E-state index is -1.10. The lowest BCUT2D eigenvalue weighted by atomic mass is 10.2. The van der Waals surface area contributed by atoms with Gasteiger partial charge in [0.1, 0.15) is 0 Å². The standard InChI is InChI=1S/C17H15NO6S/c1-23-14-8-3-11(9-15(14)24-2)10-16(17(19)20)25-13-6-4-12(5-7-13)18(21)22/h3-10H,1-2H3,(H,19,20)/b16-10+. The maximum atomic E-state index is 11.5. The van der Waals surface area contributed by atoms with Crippen LogP contribution in [0.2, 0.25) is 0 Å². The molecule has 2 rings (SSSR count). The zero-order valence-corrected chi connectivity index (χ0v) is 14.3. The van der Waals surface area contributed by atoms with Crippen molar-refractivity contribution in [3.05, 3.63) is 63.0 Å². The highest BCUT2D eigenvalue weighted by Crippen LogP contribution is 2.32. The van der Waals surface area contributed by atoms with Crippen molar-refractivity contribution < 1.29 is 24.3 Å². The van der Waals surface area contributed by atoms with E-state index in [9.17, 15) is 20.0 Å². The first-order valence-corrected chi connectivity index (χ1v) is 7.85. The Hall–Kier alpha value is -3.00. The van der Waals surface area contributed by atoms with E-state index in [0.717, 1.165) is 11.8 Å². The molecule has 130 valence electrons. The minimum absolute atomic E-state index is 0.0508. The Morgan fingerprint density at radius 2 is 1.76 bits per heavy atom. The molecule has 0 amide bonds. The van der Waals surface area contributed by atoms with Gasteiger partial charge in [0.15, 0.2) is 11.5 Å². The van der Waals surface area contributed by atoms with Gasteiger partial charge in [-0.3, -0.25) is 10.1 Å². The highest BCUT2D eigenvalue weighted by Gasteiger charge is 2.12. The molecule has 7 nitrogen and oxygen atoms in total. The van der Waals surface area contributed by atoms with E-state index in [1.54, 1.807) is 18.2 Å². The van der Waals surface area contributed by atoms with Crippen LogP contribution < -0.4 is 9.47 Å². The molecule has 0 saturated carbocycles. The van der Waals surface area contributed by atoms with Gasteiger partial charge in [0, 0.05) is 17.0 Å². The maximum absolute atomic E-state index is 11.5. The van der Waals surface area contributed by atoms with E-state index in [4.69, 9.17) is 9.47 Å². The summed E-state index contributed by atoms with van der Waals surface area (Å²) in [5, 5.41) is 20.1. The number of nitro benzene ring substituents is 1. The number of thioether (sulfide) groups is 1. The third-order valence-electron chi connectivity index (χ3n) is 3.19. The topological polar surface area (TPSA) is 98.9 Å². The van der Waals surface area contributed by atoms with Gasteiger partial charge in [-0.25, -0.2) is 4.79 Å². The van der Waals surface area contributed by atoms with Crippen molar-refractivity contribution >= 4 is 29.5 Å². The van der Waals surface area contributed by atoms with Crippen molar-refractivity contribution in [2.75, 3.05) is 14.2 Å². The Labute approximate surface area is 148 Å². The maximum Gasteiger partial charge on any atom is 0.342 e. The van der Waals surface area contributed by atoms with E-state index in [1.807, 2.05) is 0 Å². The number of rotatable bonds is 7. The zero-order chi connectivity index (χ0) is 18.4. The summed E-state index contributed by atoms with van der Waals surface area (Å²) in [5.74, 6) is -0.0704. The number of ether oxygens (including phenoxy) is 2. The lowest BCUT2D eigenvalue weighted by molar-refractivity contribution is -0.384. The minimum Gasteiger partial charge on any atom is -0.493 e. The number of nitrogens with zero attached hydrogens (tertiary/aromatic N) is 1. The molecular weight excluding hydrogens is 346 g/mol. The summed E-state index contributed by atoms with van der Waals surface area (Å²) in [6.45, 7) is 0. The average Bonchev–Trinajstić information content (AvgIpc) is 2.61. The monoisotopic (exact) mass is 361 g/mol. The molecule has 2 aromatic carbocycles. The van der Waals surface area contributed by atoms with Crippen LogP contribution in [0, 0.1) is 10.1 Å². The second-order valence-corrected chi connectivity index (χ2v) is 5.90. The Kier molecular flexibility index (Phi) is 6.02. The van der Waals surface area contributed by atoms with Gasteiger partial charge in [-0.05, 0) is 35.9 Å². The molecule has 0 bridgehead atoms. The quantitative estimate of drug-likeness (QED) is 0.346. The molecular formula is C17H15NO6S. The molecule has 2 aromatic rings. The van der Waals surface area contributed by atoms with Crippen LogP contribution in [0.25, 0.3) is 6.08 Å². The molecule has 8 heteroatoms. The van der Waals surface area contributed by atoms with E-state index < -0.39 is 10.9 Å². The predicted molar refractivity (Wildman–Crippen MR) is 94.1 cm³/mol. The molecule has 0 radical (unpaired) electrons. The van der Waals surface area contributed by atoms with Crippen molar-refractivity contribution in [2.24, 2.45) is 0 Å². The number of non-ortho nitro benzene ring substituents is 1.